The minimum atomic E-state index is -0.252. The van der Waals surface area contributed by atoms with Crippen LogP contribution in [0.2, 0.25) is 0 Å². The van der Waals surface area contributed by atoms with Crippen molar-refractivity contribution in [2.75, 3.05) is 33.2 Å². The summed E-state index contributed by atoms with van der Waals surface area (Å²) in [6, 6.07) is 21.0. The Bertz CT molecular complexity index is 694. The van der Waals surface area contributed by atoms with Crippen molar-refractivity contribution in [1.82, 2.24) is 15.1 Å². The quantitative estimate of drug-likeness (QED) is 0.920. The summed E-state index contributed by atoms with van der Waals surface area (Å²) in [6.07, 6.45) is 1.05. The first-order valence-corrected chi connectivity index (χ1v) is 9.53. The highest BCUT2D eigenvalue weighted by atomic mass is 16.2. The van der Waals surface area contributed by atoms with Gasteiger partial charge in [-0.3, -0.25) is 9.69 Å². The smallest absolute Gasteiger partial charge is 0.232 e. The monoisotopic (exact) mass is 349 g/mol. The molecule has 1 N–H and O–H groups in total. The van der Waals surface area contributed by atoms with Crippen LogP contribution in [0.4, 0.5) is 0 Å². The van der Waals surface area contributed by atoms with Gasteiger partial charge < -0.3 is 10.2 Å². The van der Waals surface area contributed by atoms with E-state index in [1.165, 1.54) is 0 Å². The molecule has 0 unspecified atom stereocenters. The molecule has 0 aliphatic carbocycles. The van der Waals surface area contributed by atoms with Crippen molar-refractivity contribution in [3.05, 3.63) is 71.8 Å². The Morgan fingerprint density at radius 1 is 0.962 bits per heavy atom. The van der Waals surface area contributed by atoms with Gasteiger partial charge in [-0.05, 0) is 24.6 Å². The number of nitrogens with one attached hydrogen (secondary N) is 1. The van der Waals surface area contributed by atoms with Crippen LogP contribution in [0.15, 0.2) is 60.7 Å². The van der Waals surface area contributed by atoms with Crippen LogP contribution >= 0.6 is 0 Å². The van der Waals surface area contributed by atoms with Crippen molar-refractivity contribution in [1.29, 1.82) is 0 Å². The Labute approximate surface area is 155 Å². The van der Waals surface area contributed by atoms with Crippen LogP contribution in [0.25, 0.3) is 0 Å². The number of likely N-dealkylation sites (N-methyl/N-ethyl adjacent to an activating group) is 1. The minimum absolute atomic E-state index is 0.112. The first-order valence-electron chi connectivity index (χ1n) is 9.53. The predicted octanol–water partition coefficient (Wildman–Crippen LogP) is 2.32. The van der Waals surface area contributed by atoms with Gasteiger partial charge in [0.2, 0.25) is 5.91 Å². The molecule has 0 bridgehead atoms. The van der Waals surface area contributed by atoms with Gasteiger partial charge in [0.25, 0.3) is 0 Å². The lowest BCUT2D eigenvalue weighted by Gasteiger charge is -2.34. The molecule has 2 fully saturated rings. The Kier molecular flexibility index (Phi) is 5.05. The number of fused-ring (bicyclic) bond motifs is 1. The second-order valence-corrected chi connectivity index (χ2v) is 7.61. The molecule has 2 aromatic carbocycles. The van der Waals surface area contributed by atoms with Gasteiger partial charge in [0, 0.05) is 38.3 Å². The fraction of sp³-hybridized carbons (Fsp3) is 0.409. The molecule has 0 saturated carbocycles. The molecule has 2 atom stereocenters. The van der Waals surface area contributed by atoms with Crippen molar-refractivity contribution in [2.24, 2.45) is 0 Å². The highest BCUT2D eigenvalue weighted by molar-refractivity contribution is 5.87. The summed E-state index contributed by atoms with van der Waals surface area (Å²) in [5.74, 6) is -0.140. The number of hydrogen-bond donors (Lipinski definition) is 1. The maximum absolute atomic E-state index is 13.2. The third-order valence-electron chi connectivity index (χ3n) is 5.69. The second kappa shape index (κ2) is 7.60. The molecule has 136 valence electrons. The number of amides is 1. The van der Waals surface area contributed by atoms with Crippen molar-refractivity contribution < 1.29 is 4.79 Å². The first kappa shape index (κ1) is 17.3. The van der Waals surface area contributed by atoms with Crippen LogP contribution < -0.4 is 5.32 Å². The minimum Gasteiger partial charge on any atom is -0.351 e. The summed E-state index contributed by atoms with van der Waals surface area (Å²) >= 11 is 0. The van der Waals surface area contributed by atoms with E-state index in [4.69, 9.17) is 0 Å². The maximum Gasteiger partial charge on any atom is 0.232 e. The molecule has 4 rings (SSSR count). The van der Waals surface area contributed by atoms with Gasteiger partial charge in [0.05, 0.1) is 5.92 Å². The third-order valence-corrected chi connectivity index (χ3v) is 5.69. The molecule has 0 radical (unpaired) electrons. The molecule has 0 aromatic heterocycles. The summed E-state index contributed by atoms with van der Waals surface area (Å²) < 4.78 is 0. The molecule has 2 heterocycles. The molecule has 2 aliphatic rings. The van der Waals surface area contributed by atoms with Gasteiger partial charge in [-0.2, -0.15) is 0 Å². The number of carbonyl (C=O) groups excluding carboxylic acids is 1. The SMILES string of the molecule is CN1CCN2C[C@@H](NC(=O)C(c3ccccc3)c3ccccc3)C[C@H]2C1. The van der Waals surface area contributed by atoms with Gasteiger partial charge in [-0.15, -0.1) is 0 Å². The number of piperazine rings is 1. The molecule has 1 amide bonds. The number of hydrogen-bond acceptors (Lipinski definition) is 3. The Balaban J connectivity index is 1.51. The van der Waals surface area contributed by atoms with Crippen molar-refractivity contribution >= 4 is 5.91 Å². The standard InChI is InChI=1S/C22H27N3O/c1-24-12-13-25-15-19(14-20(25)16-24)23-22(26)21(17-8-4-2-5-9-17)18-10-6-3-7-11-18/h2-11,19-21H,12-16H2,1H3,(H,23,26)/t19-,20-/m0/s1. The molecule has 2 aromatic rings. The number of nitrogens with zero attached hydrogens (tertiary/aromatic N) is 2. The van der Waals surface area contributed by atoms with E-state index in [0.29, 0.717) is 6.04 Å². The summed E-state index contributed by atoms with van der Waals surface area (Å²) in [4.78, 5) is 18.2. The highest BCUT2D eigenvalue weighted by Gasteiger charge is 2.36. The van der Waals surface area contributed by atoms with Crippen LogP contribution in [0.1, 0.15) is 23.5 Å². The largest absolute Gasteiger partial charge is 0.351 e. The van der Waals surface area contributed by atoms with Gasteiger partial charge >= 0.3 is 0 Å². The van der Waals surface area contributed by atoms with E-state index in [-0.39, 0.29) is 17.9 Å². The fourth-order valence-electron chi connectivity index (χ4n) is 4.37. The molecule has 4 heteroatoms. The number of benzene rings is 2. The fourth-order valence-corrected chi connectivity index (χ4v) is 4.37. The Morgan fingerprint density at radius 2 is 1.58 bits per heavy atom. The average molecular weight is 349 g/mol. The Hall–Kier alpha value is -2.17. The van der Waals surface area contributed by atoms with E-state index >= 15 is 0 Å². The zero-order valence-electron chi connectivity index (χ0n) is 15.3. The molecular formula is C22H27N3O. The van der Waals surface area contributed by atoms with E-state index in [0.717, 1.165) is 43.7 Å². The van der Waals surface area contributed by atoms with E-state index in [2.05, 4.69) is 22.2 Å². The van der Waals surface area contributed by atoms with Crippen LogP contribution in [-0.2, 0) is 4.79 Å². The summed E-state index contributed by atoms with van der Waals surface area (Å²) in [7, 11) is 2.18. The van der Waals surface area contributed by atoms with Gasteiger partial charge in [0.1, 0.15) is 0 Å². The molecule has 4 nitrogen and oxygen atoms in total. The average Bonchev–Trinajstić information content (AvgIpc) is 3.05. The van der Waals surface area contributed by atoms with Crippen molar-refractivity contribution in [3.8, 4) is 0 Å². The molecule has 2 saturated heterocycles. The molecule has 0 spiro atoms. The number of carbonyl (C=O) groups is 1. The van der Waals surface area contributed by atoms with E-state index in [1.54, 1.807) is 0 Å². The molecule has 2 aliphatic heterocycles. The summed E-state index contributed by atoms with van der Waals surface area (Å²) in [5.41, 5.74) is 2.10. The van der Waals surface area contributed by atoms with Gasteiger partial charge in [-0.25, -0.2) is 0 Å². The highest BCUT2D eigenvalue weighted by Crippen LogP contribution is 2.27. The Morgan fingerprint density at radius 3 is 2.19 bits per heavy atom. The molecule has 26 heavy (non-hydrogen) atoms. The van der Waals surface area contributed by atoms with E-state index in [9.17, 15) is 4.79 Å². The topological polar surface area (TPSA) is 35.6 Å². The maximum atomic E-state index is 13.2. The second-order valence-electron chi connectivity index (χ2n) is 7.61. The number of rotatable bonds is 4. The van der Waals surface area contributed by atoms with E-state index < -0.39 is 0 Å². The van der Waals surface area contributed by atoms with Crippen molar-refractivity contribution in [2.45, 2.75) is 24.4 Å². The lowest BCUT2D eigenvalue weighted by molar-refractivity contribution is -0.122. The normalized spacial score (nSPS) is 23.8. The summed E-state index contributed by atoms with van der Waals surface area (Å²) in [5, 5.41) is 3.35. The lowest BCUT2D eigenvalue weighted by Crippen LogP contribution is -2.48. The van der Waals surface area contributed by atoms with Crippen LogP contribution in [0.5, 0.6) is 0 Å². The lowest BCUT2D eigenvalue weighted by atomic mass is 9.90. The molecular weight excluding hydrogens is 322 g/mol. The van der Waals surface area contributed by atoms with Crippen molar-refractivity contribution in [3.63, 3.8) is 0 Å². The first-order chi connectivity index (χ1) is 12.7. The zero-order valence-corrected chi connectivity index (χ0v) is 15.3. The van der Waals surface area contributed by atoms with Gasteiger partial charge in [-0.1, -0.05) is 60.7 Å². The van der Waals surface area contributed by atoms with Crippen LogP contribution in [-0.4, -0.2) is 61.0 Å². The zero-order chi connectivity index (χ0) is 17.9. The van der Waals surface area contributed by atoms with Crippen LogP contribution in [0.3, 0.4) is 0 Å². The van der Waals surface area contributed by atoms with E-state index in [1.807, 2.05) is 60.7 Å². The summed E-state index contributed by atoms with van der Waals surface area (Å²) in [6.45, 7) is 4.30. The third kappa shape index (κ3) is 3.67. The van der Waals surface area contributed by atoms with Gasteiger partial charge in [0.15, 0.2) is 0 Å². The predicted molar refractivity (Wildman–Crippen MR) is 104 cm³/mol. The van der Waals surface area contributed by atoms with Crippen LogP contribution in [0, 0.1) is 0 Å².